The normalized spacial score (nSPS) is 13.4. The monoisotopic (exact) mass is 340 g/mol. The van der Waals surface area contributed by atoms with Crippen LogP contribution < -0.4 is 10.6 Å². The molecule has 2 unspecified atom stereocenters. The minimum Gasteiger partial charge on any atom is -0.387 e. The van der Waals surface area contributed by atoms with Crippen molar-refractivity contribution in [3.63, 3.8) is 0 Å². The van der Waals surface area contributed by atoms with E-state index in [0.29, 0.717) is 5.56 Å². The van der Waals surface area contributed by atoms with E-state index in [1.165, 1.54) is 23.5 Å². The first-order chi connectivity index (χ1) is 11.0. The third kappa shape index (κ3) is 5.01. The van der Waals surface area contributed by atoms with Crippen LogP contribution >= 0.6 is 11.3 Å². The standard InChI is InChI=1S/C16H18F2N2O2S/c1-10(13-3-2-12(17)6-14(13)18)7-19-16(22)20-8-15(21)11-4-5-23-9-11/h2-6,9-10,15,21H,7-8H2,1H3,(H2,19,20,22). The number of nitrogens with one attached hydrogen (secondary N) is 2. The van der Waals surface area contributed by atoms with Gasteiger partial charge in [0.05, 0.1) is 6.10 Å². The van der Waals surface area contributed by atoms with Gasteiger partial charge in [-0.3, -0.25) is 0 Å². The van der Waals surface area contributed by atoms with Gasteiger partial charge in [0.15, 0.2) is 0 Å². The van der Waals surface area contributed by atoms with Crippen LogP contribution in [0.1, 0.15) is 30.1 Å². The van der Waals surface area contributed by atoms with Crippen LogP contribution in [0, 0.1) is 11.6 Å². The van der Waals surface area contributed by atoms with E-state index in [1.54, 1.807) is 13.0 Å². The summed E-state index contributed by atoms with van der Waals surface area (Å²) in [4.78, 5) is 11.7. The van der Waals surface area contributed by atoms with E-state index < -0.39 is 23.8 Å². The molecule has 4 nitrogen and oxygen atoms in total. The van der Waals surface area contributed by atoms with Gasteiger partial charge in [-0.2, -0.15) is 11.3 Å². The third-order valence-electron chi connectivity index (χ3n) is 3.45. The number of urea groups is 1. The summed E-state index contributed by atoms with van der Waals surface area (Å²) in [5, 5.41) is 18.7. The quantitative estimate of drug-likeness (QED) is 0.756. The molecule has 2 rings (SSSR count). The lowest BCUT2D eigenvalue weighted by Gasteiger charge is -2.15. The molecular formula is C16H18F2N2O2S. The van der Waals surface area contributed by atoms with Crippen molar-refractivity contribution in [3.8, 4) is 0 Å². The second-order valence-electron chi connectivity index (χ2n) is 5.23. The summed E-state index contributed by atoms with van der Waals surface area (Å²) in [5.41, 5.74) is 1.09. The van der Waals surface area contributed by atoms with Gasteiger partial charge in [0.25, 0.3) is 0 Å². The number of benzene rings is 1. The Morgan fingerprint density at radius 3 is 2.65 bits per heavy atom. The van der Waals surface area contributed by atoms with Gasteiger partial charge in [0, 0.05) is 25.1 Å². The molecule has 0 aliphatic carbocycles. The van der Waals surface area contributed by atoms with Gasteiger partial charge in [-0.15, -0.1) is 0 Å². The minimum absolute atomic E-state index is 0.0852. The second-order valence-corrected chi connectivity index (χ2v) is 6.01. The van der Waals surface area contributed by atoms with E-state index in [0.717, 1.165) is 11.6 Å². The van der Waals surface area contributed by atoms with E-state index in [4.69, 9.17) is 0 Å². The van der Waals surface area contributed by atoms with Crippen LogP contribution in [0.5, 0.6) is 0 Å². The molecule has 0 saturated carbocycles. The zero-order chi connectivity index (χ0) is 16.8. The molecule has 124 valence electrons. The molecule has 0 fully saturated rings. The molecule has 0 radical (unpaired) electrons. The Bertz CT molecular complexity index is 650. The van der Waals surface area contributed by atoms with Crippen LogP contribution in [0.4, 0.5) is 13.6 Å². The zero-order valence-corrected chi connectivity index (χ0v) is 13.4. The van der Waals surface area contributed by atoms with E-state index in [9.17, 15) is 18.7 Å². The smallest absolute Gasteiger partial charge is 0.314 e. The number of carbonyl (C=O) groups is 1. The van der Waals surface area contributed by atoms with Crippen molar-refractivity contribution in [2.45, 2.75) is 18.9 Å². The fourth-order valence-electron chi connectivity index (χ4n) is 2.09. The van der Waals surface area contributed by atoms with E-state index in [1.807, 2.05) is 10.8 Å². The largest absolute Gasteiger partial charge is 0.387 e. The Morgan fingerprint density at radius 1 is 1.26 bits per heavy atom. The summed E-state index contributed by atoms with van der Waals surface area (Å²) in [6, 6.07) is 4.72. The molecule has 23 heavy (non-hydrogen) atoms. The number of aliphatic hydroxyl groups excluding tert-OH is 1. The van der Waals surface area contributed by atoms with Gasteiger partial charge in [0.2, 0.25) is 0 Å². The Labute approximate surface area is 137 Å². The summed E-state index contributed by atoms with van der Waals surface area (Å²) in [6.07, 6.45) is -0.765. The summed E-state index contributed by atoms with van der Waals surface area (Å²) in [6.45, 7) is 2.02. The maximum Gasteiger partial charge on any atom is 0.314 e. The summed E-state index contributed by atoms with van der Waals surface area (Å²) >= 11 is 1.47. The van der Waals surface area contributed by atoms with Crippen molar-refractivity contribution < 1.29 is 18.7 Å². The lowest BCUT2D eigenvalue weighted by Crippen LogP contribution is -2.39. The van der Waals surface area contributed by atoms with Crippen LogP contribution in [0.25, 0.3) is 0 Å². The predicted octanol–water partition coefficient (Wildman–Crippen LogP) is 3.16. The summed E-state index contributed by atoms with van der Waals surface area (Å²) in [7, 11) is 0. The van der Waals surface area contributed by atoms with Crippen LogP contribution in [0.3, 0.4) is 0 Å². The lowest BCUT2D eigenvalue weighted by molar-refractivity contribution is 0.173. The number of hydrogen-bond acceptors (Lipinski definition) is 3. The molecule has 0 spiro atoms. The molecule has 0 aliphatic heterocycles. The number of rotatable bonds is 6. The van der Waals surface area contributed by atoms with Crippen molar-refractivity contribution in [1.29, 1.82) is 0 Å². The van der Waals surface area contributed by atoms with Gasteiger partial charge < -0.3 is 15.7 Å². The molecule has 0 bridgehead atoms. The Morgan fingerprint density at radius 2 is 2.00 bits per heavy atom. The molecule has 2 amide bonds. The molecule has 0 aliphatic rings. The van der Waals surface area contributed by atoms with Gasteiger partial charge in [-0.05, 0) is 34.0 Å². The number of hydrogen-bond donors (Lipinski definition) is 3. The highest BCUT2D eigenvalue weighted by Gasteiger charge is 2.14. The topological polar surface area (TPSA) is 61.4 Å². The molecule has 2 atom stereocenters. The summed E-state index contributed by atoms with van der Waals surface area (Å²) in [5.74, 6) is -1.57. The Hall–Kier alpha value is -1.99. The van der Waals surface area contributed by atoms with Crippen molar-refractivity contribution in [2.24, 2.45) is 0 Å². The molecule has 7 heteroatoms. The fraction of sp³-hybridized carbons (Fsp3) is 0.312. The number of amides is 2. The molecular weight excluding hydrogens is 322 g/mol. The average Bonchev–Trinajstić information content (AvgIpc) is 3.04. The van der Waals surface area contributed by atoms with Gasteiger partial charge in [0.1, 0.15) is 11.6 Å². The van der Waals surface area contributed by atoms with Crippen LogP contribution in [-0.4, -0.2) is 24.2 Å². The number of halogens is 2. The first-order valence-corrected chi connectivity index (χ1v) is 8.08. The van der Waals surface area contributed by atoms with Gasteiger partial charge in [-0.1, -0.05) is 13.0 Å². The van der Waals surface area contributed by atoms with Crippen molar-refractivity contribution >= 4 is 17.4 Å². The molecule has 0 saturated heterocycles. The fourth-order valence-corrected chi connectivity index (χ4v) is 2.80. The van der Waals surface area contributed by atoms with Crippen molar-refractivity contribution in [3.05, 3.63) is 57.8 Å². The van der Waals surface area contributed by atoms with Gasteiger partial charge in [-0.25, -0.2) is 13.6 Å². The van der Waals surface area contributed by atoms with E-state index in [2.05, 4.69) is 10.6 Å². The third-order valence-corrected chi connectivity index (χ3v) is 4.15. The number of thiophene rings is 1. The minimum atomic E-state index is -0.765. The first kappa shape index (κ1) is 17.4. The molecule has 2 aromatic rings. The number of aliphatic hydroxyl groups is 1. The van der Waals surface area contributed by atoms with Crippen LogP contribution in [-0.2, 0) is 0 Å². The first-order valence-electron chi connectivity index (χ1n) is 7.14. The molecule has 1 aromatic heterocycles. The SMILES string of the molecule is CC(CNC(=O)NCC(O)c1ccsc1)c1ccc(F)cc1F. The van der Waals surface area contributed by atoms with E-state index in [-0.39, 0.29) is 19.0 Å². The van der Waals surface area contributed by atoms with Gasteiger partial charge >= 0.3 is 6.03 Å². The Balaban J connectivity index is 1.77. The van der Waals surface area contributed by atoms with E-state index >= 15 is 0 Å². The molecule has 1 heterocycles. The second kappa shape index (κ2) is 8.03. The highest BCUT2D eigenvalue weighted by atomic mass is 32.1. The number of carbonyl (C=O) groups excluding carboxylic acids is 1. The predicted molar refractivity (Wildman–Crippen MR) is 85.5 cm³/mol. The average molecular weight is 340 g/mol. The van der Waals surface area contributed by atoms with Crippen LogP contribution in [0.15, 0.2) is 35.0 Å². The maximum atomic E-state index is 13.6. The highest BCUT2D eigenvalue weighted by Crippen LogP contribution is 2.19. The van der Waals surface area contributed by atoms with Crippen LogP contribution in [0.2, 0.25) is 0 Å². The highest BCUT2D eigenvalue weighted by molar-refractivity contribution is 7.07. The lowest BCUT2D eigenvalue weighted by atomic mass is 10.0. The maximum absolute atomic E-state index is 13.6. The van der Waals surface area contributed by atoms with Crippen molar-refractivity contribution in [1.82, 2.24) is 10.6 Å². The zero-order valence-electron chi connectivity index (χ0n) is 12.6. The molecule has 3 N–H and O–H groups in total. The molecule has 1 aromatic carbocycles. The van der Waals surface area contributed by atoms with Crippen molar-refractivity contribution in [2.75, 3.05) is 13.1 Å². The Kier molecular flexibility index (Phi) is 6.06. The summed E-state index contributed by atoms with van der Waals surface area (Å²) < 4.78 is 26.5.